The summed E-state index contributed by atoms with van der Waals surface area (Å²) in [6.07, 6.45) is 2.56. The number of hydrogen-bond donors (Lipinski definition) is 1. The highest BCUT2D eigenvalue weighted by molar-refractivity contribution is 6.42. The topological polar surface area (TPSA) is 37.8 Å². The minimum absolute atomic E-state index is 0.521. The lowest BCUT2D eigenvalue weighted by Gasteiger charge is -2.12. The Balaban J connectivity index is 1.90. The maximum Gasteiger partial charge on any atom is 0.159 e. The molecule has 0 bridgehead atoms. The van der Waals surface area contributed by atoms with E-state index in [9.17, 15) is 0 Å². The zero-order valence-corrected chi connectivity index (χ0v) is 13.6. The third-order valence-electron chi connectivity index (χ3n) is 3.74. The summed E-state index contributed by atoms with van der Waals surface area (Å²) in [7, 11) is 0. The molecule has 1 fully saturated rings. The van der Waals surface area contributed by atoms with E-state index in [4.69, 9.17) is 23.2 Å². The summed E-state index contributed by atoms with van der Waals surface area (Å²) in [5.41, 5.74) is 4.09. The van der Waals surface area contributed by atoms with Crippen molar-refractivity contribution in [1.82, 2.24) is 15.3 Å². The number of halogens is 2. The molecular formula is C16H17Cl2N3. The van der Waals surface area contributed by atoms with Gasteiger partial charge in [-0.1, -0.05) is 23.2 Å². The maximum absolute atomic E-state index is 6.07. The predicted octanol–water partition coefficient (Wildman–Crippen LogP) is 4.32. The highest BCUT2D eigenvalue weighted by Gasteiger charge is 2.21. The fraction of sp³-hybridized carbons (Fsp3) is 0.375. The molecule has 0 unspecified atom stereocenters. The van der Waals surface area contributed by atoms with Gasteiger partial charge < -0.3 is 5.32 Å². The van der Waals surface area contributed by atoms with E-state index in [0.717, 1.165) is 23.5 Å². The Labute approximate surface area is 134 Å². The zero-order valence-electron chi connectivity index (χ0n) is 12.1. The van der Waals surface area contributed by atoms with Crippen molar-refractivity contribution < 1.29 is 0 Å². The fourth-order valence-electron chi connectivity index (χ4n) is 2.29. The van der Waals surface area contributed by atoms with Crippen LogP contribution in [0.4, 0.5) is 0 Å². The van der Waals surface area contributed by atoms with Gasteiger partial charge in [-0.05, 0) is 44.9 Å². The van der Waals surface area contributed by atoms with E-state index in [1.54, 1.807) is 12.1 Å². The Hall–Kier alpha value is -1.16. The van der Waals surface area contributed by atoms with Gasteiger partial charge in [-0.25, -0.2) is 9.97 Å². The molecule has 3 rings (SSSR count). The molecule has 5 heteroatoms. The van der Waals surface area contributed by atoms with Crippen LogP contribution in [0.3, 0.4) is 0 Å². The van der Waals surface area contributed by atoms with Crippen molar-refractivity contribution >= 4 is 23.2 Å². The van der Waals surface area contributed by atoms with Gasteiger partial charge in [0.05, 0.1) is 10.0 Å². The molecule has 21 heavy (non-hydrogen) atoms. The van der Waals surface area contributed by atoms with Crippen LogP contribution in [0.5, 0.6) is 0 Å². The van der Waals surface area contributed by atoms with Gasteiger partial charge in [0.25, 0.3) is 0 Å². The Bertz CT molecular complexity index is 658. The Kier molecular flexibility index (Phi) is 4.16. The Morgan fingerprint density at radius 2 is 1.76 bits per heavy atom. The lowest BCUT2D eigenvalue weighted by atomic mass is 10.1. The Morgan fingerprint density at radius 3 is 2.33 bits per heavy atom. The zero-order chi connectivity index (χ0) is 15.0. The standard InChI is InChI=1S/C16H17Cl2N3/c1-9-13(8-19-12-4-5-12)10(2)21-16(20-9)11-3-6-14(17)15(18)7-11/h3,6-7,12,19H,4-5,8H2,1-2H3. The van der Waals surface area contributed by atoms with Gasteiger partial charge in [0, 0.05) is 35.1 Å². The van der Waals surface area contributed by atoms with E-state index in [2.05, 4.69) is 15.3 Å². The second kappa shape index (κ2) is 5.91. The molecule has 110 valence electrons. The average molecular weight is 322 g/mol. The van der Waals surface area contributed by atoms with Crippen molar-refractivity contribution in [2.24, 2.45) is 0 Å². The van der Waals surface area contributed by atoms with Crippen LogP contribution in [0, 0.1) is 13.8 Å². The monoisotopic (exact) mass is 321 g/mol. The molecule has 0 radical (unpaired) electrons. The first-order valence-electron chi connectivity index (χ1n) is 7.07. The summed E-state index contributed by atoms with van der Waals surface area (Å²) in [6, 6.07) is 6.15. The molecule has 0 saturated heterocycles. The van der Waals surface area contributed by atoms with Crippen LogP contribution in [0.2, 0.25) is 10.0 Å². The fourth-order valence-corrected chi connectivity index (χ4v) is 2.59. The van der Waals surface area contributed by atoms with Gasteiger partial charge >= 0.3 is 0 Å². The molecule has 2 aromatic rings. The normalized spacial score (nSPS) is 14.5. The van der Waals surface area contributed by atoms with Crippen molar-refractivity contribution in [2.45, 2.75) is 39.3 Å². The van der Waals surface area contributed by atoms with Crippen LogP contribution in [0.15, 0.2) is 18.2 Å². The minimum atomic E-state index is 0.521. The second-order valence-electron chi connectivity index (χ2n) is 5.48. The van der Waals surface area contributed by atoms with E-state index in [1.807, 2.05) is 19.9 Å². The van der Waals surface area contributed by atoms with E-state index >= 15 is 0 Å². The lowest BCUT2D eigenvalue weighted by molar-refractivity contribution is 0.675. The van der Waals surface area contributed by atoms with Crippen LogP contribution < -0.4 is 5.32 Å². The molecule has 0 atom stereocenters. The van der Waals surface area contributed by atoms with Gasteiger partial charge in [-0.3, -0.25) is 0 Å². The van der Waals surface area contributed by atoms with E-state index in [-0.39, 0.29) is 0 Å². The summed E-state index contributed by atoms with van der Waals surface area (Å²) in [5, 5.41) is 4.57. The highest BCUT2D eigenvalue weighted by atomic mass is 35.5. The van der Waals surface area contributed by atoms with Crippen molar-refractivity contribution in [3.8, 4) is 11.4 Å². The number of aromatic nitrogens is 2. The maximum atomic E-state index is 6.07. The first kappa shape index (κ1) is 14.8. The number of nitrogens with zero attached hydrogens (tertiary/aromatic N) is 2. The SMILES string of the molecule is Cc1nc(-c2ccc(Cl)c(Cl)c2)nc(C)c1CNC1CC1. The smallest absolute Gasteiger partial charge is 0.159 e. The minimum Gasteiger partial charge on any atom is -0.310 e. The number of benzene rings is 1. The van der Waals surface area contributed by atoms with Crippen molar-refractivity contribution in [3.63, 3.8) is 0 Å². The molecule has 1 heterocycles. The molecular weight excluding hydrogens is 305 g/mol. The van der Waals surface area contributed by atoms with Crippen LogP contribution in [-0.4, -0.2) is 16.0 Å². The van der Waals surface area contributed by atoms with Gasteiger partial charge in [0.1, 0.15) is 0 Å². The molecule has 1 aromatic heterocycles. The largest absolute Gasteiger partial charge is 0.310 e. The summed E-state index contributed by atoms with van der Waals surface area (Å²) < 4.78 is 0. The van der Waals surface area contributed by atoms with E-state index in [1.165, 1.54) is 18.4 Å². The molecule has 0 spiro atoms. The summed E-state index contributed by atoms with van der Waals surface area (Å²) in [5.74, 6) is 0.693. The Morgan fingerprint density at radius 1 is 1.10 bits per heavy atom. The number of nitrogens with one attached hydrogen (secondary N) is 1. The summed E-state index contributed by atoms with van der Waals surface area (Å²) in [6.45, 7) is 4.89. The van der Waals surface area contributed by atoms with E-state index in [0.29, 0.717) is 21.9 Å². The van der Waals surface area contributed by atoms with Gasteiger partial charge in [0.2, 0.25) is 0 Å². The quantitative estimate of drug-likeness (QED) is 0.911. The van der Waals surface area contributed by atoms with Gasteiger partial charge in [-0.15, -0.1) is 0 Å². The van der Waals surface area contributed by atoms with Gasteiger partial charge in [-0.2, -0.15) is 0 Å². The van der Waals surface area contributed by atoms with Crippen molar-refractivity contribution in [3.05, 3.63) is 45.2 Å². The van der Waals surface area contributed by atoms with E-state index < -0.39 is 0 Å². The average Bonchev–Trinajstić information content (AvgIpc) is 3.25. The second-order valence-corrected chi connectivity index (χ2v) is 6.30. The third-order valence-corrected chi connectivity index (χ3v) is 4.48. The molecule has 1 aromatic carbocycles. The van der Waals surface area contributed by atoms with Gasteiger partial charge in [0.15, 0.2) is 5.82 Å². The number of rotatable bonds is 4. The van der Waals surface area contributed by atoms with Crippen molar-refractivity contribution in [1.29, 1.82) is 0 Å². The van der Waals surface area contributed by atoms with Crippen LogP contribution >= 0.6 is 23.2 Å². The molecule has 1 N–H and O–H groups in total. The van der Waals surface area contributed by atoms with Crippen LogP contribution in [0.25, 0.3) is 11.4 Å². The number of aryl methyl sites for hydroxylation is 2. The highest BCUT2D eigenvalue weighted by Crippen LogP contribution is 2.28. The molecule has 1 aliphatic carbocycles. The molecule has 0 aliphatic heterocycles. The molecule has 3 nitrogen and oxygen atoms in total. The molecule has 1 aliphatic rings. The lowest BCUT2D eigenvalue weighted by Crippen LogP contribution is -2.18. The first-order chi connectivity index (χ1) is 10.0. The summed E-state index contributed by atoms with van der Waals surface area (Å²) >= 11 is 12.0. The van der Waals surface area contributed by atoms with Crippen LogP contribution in [-0.2, 0) is 6.54 Å². The van der Waals surface area contributed by atoms with Crippen molar-refractivity contribution in [2.75, 3.05) is 0 Å². The molecule has 0 amide bonds. The third kappa shape index (κ3) is 3.37. The predicted molar refractivity (Wildman–Crippen MR) is 86.8 cm³/mol. The van der Waals surface area contributed by atoms with Crippen LogP contribution in [0.1, 0.15) is 29.8 Å². The summed E-state index contributed by atoms with van der Waals surface area (Å²) in [4.78, 5) is 9.24. The first-order valence-corrected chi connectivity index (χ1v) is 7.83. The molecule has 1 saturated carbocycles. The number of hydrogen-bond acceptors (Lipinski definition) is 3.